The van der Waals surface area contributed by atoms with E-state index in [0.29, 0.717) is 17.2 Å². The first-order chi connectivity index (χ1) is 9.20. The molecule has 2 aromatic rings. The summed E-state index contributed by atoms with van der Waals surface area (Å²) >= 11 is 8.06. The van der Waals surface area contributed by atoms with Gasteiger partial charge in [0.15, 0.2) is 0 Å². The molecule has 0 radical (unpaired) electrons. The molecular weight excluding hydrogens is 278 g/mol. The highest BCUT2D eigenvalue weighted by Gasteiger charge is 2.28. The van der Waals surface area contributed by atoms with Gasteiger partial charge in [-0.2, -0.15) is 11.8 Å². The van der Waals surface area contributed by atoms with Crippen LogP contribution in [0.3, 0.4) is 0 Å². The topological polar surface area (TPSA) is 43.8 Å². The Morgan fingerprint density at radius 3 is 2.95 bits per heavy atom. The van der Waals surface area contributed by atoms with E-state index in [2.05, 4.69) is 15.8 Å². The van der Waals surface area contributed by atoms with Crippen LogP contribution in [0, 0.1) is 0 Å². The van der Waals surface area contributed by atoms with Crippen LogP contribution in [0.5, 0.6) is 0 Å². The van der Waals surface area contributed by atoms with E-state index in [1.54, 1.807) is 0 Å². The highest BCUT2D eigenvalue weighted by Crippen LogP contribution is 2.39. The first-order valence-electron chi connectivity index (χ1n) is 6.66. The molecule has 102 valence electrons. The largest absolute Gasteiger partial charge is 0.369 e. The minimum atomic E-state index is 0.437. The lowest BCUT2D eigenvalue weighted by atomic mass is 9.94. The molecule has 1 saturated carbocycles. The van der Waals surface area contributed by atoms with Crippen molar-refractivity contribution in [2.24, 2.45) is 0 Å². The van der Waals surface area contributed by atoms with Gasteiger partial charge in [-0.05, 0) is 37.3 Å². The molecule has 19 heavy (non-hydrogen) atoms. The lowest BCUT2D eigenvalue weighted by molar-refractivity contribution is 0.374. The summed E-state index contributed by atoms with van der Waals surface area (Å²) in [7, 11) is 0. The number of nitrogens with two attached hydrogens (primary N) is 1. The predicted molar refractivity (Wildman–Crippen MR) is 84.0 cm³/mol. The number of rotatable bonds is 2. The average Bonchev–Trinajstić information content (AvgIpc) is 2.74. The Morgan fingerprint density at radius 1 is 1.37 bits per heavy atom. The van der Waals surface area contributed by atoms with Crippen LogP contribution in [0.2, 0.25) is 5.02 Å². The summed E-state index contributed by atoms with van der Waals surface area (Å²) in [5.41, 5.74) is 8.15. The molecule has 1 aromatic carbocycles. The van der Waals surface area contributed by atoms with Gasteiger partial charge in [0.25, 0.3) is 0 Å². The Morgan fingerprint density at radius 2 is 2.16 bits per heavy atom. The van der Waals surface area contributed by atoms with Crippen LogP contribution in [0.15, 0.2) is 18.2 Å². The van der Waals surface area contributed by atoms with Gasteiger partial charge in [-0.1, -0.05) is 24.4 Å². The van der Waals surface area contributed by atoms with Gasteiger partial charge in [0.1, 0.15) is 0 Å². The first-order valence-corrected chi connectivity index (χ1v) is 8.33. The second kappa shape index (κ2) is 5.25. The normalized spacial score (nSPS) is 23.9. The fourth-order valence-electron chi connectivity index (χ4n) is 3.08. The molecule has 1 fully saturated rings. The Labute approximate surface area is 122 Å². The molecule has 0 saturated heterocycles. The molecule has 1 aliphatic rings. The molecule has 0 aliphatic heterocycles. The lowest BCUT2D eigenvalue weighted by Crippen LogP contribution is -2.26. The van der Waals surface area contributed by atoms with Gasteiger partial charge in [-0.15, -0.1) is 0 Å². The van der Waals surface area contributed by atoms with E-state index in [4.69, 9.17) is 17.3 Å². The van der Waals surface area contributed by atoms with Crippen LogP contribution >= 0.6 is 23.4 Å². The number of aromatic nitrogens is 2. The van der Waals surface area contributed by atoms with Crippen molar-refractivity contribution in [3.63, 3.8) is 0 Å². The van der Waals surface area contributed by atoms with E-state index in [9.17, 15) is 0 Å². The number of benzene rings is 1. The monoisotopic (exact) mass is 295 g/mol. The summed E-state index contributed by atoms with van der Waals surface area (Å²) in [5.74, 6) is 0.614. The lowest BCUT2D eigenvalue weighted by Gasteiger charge is -2.32. The molecule has 0 spiro atoms. The molecule has 3 rings (SSSR count). The number of imidazole rings is 1. The molecule has 2 unspecified atom stereocenters. The number of thioether (sulfide) groups is 1. The fourth-order valence-corrected chi connectivity index (χ4v) is 4.22. The van der Waals surface area contributed by atoms with Gasteiger partial charge in [0.2, 0.25) is 5.95 Å². The van der Waals surface area contributed by atoms with Crippen molar-refractivity contribution in [2.45, 2.75) is 37.0 Å². The van der Waals surface area contributed by atoms with Crippen LogP contribution in [-0.4, -0.2) is 21.1 Å². The maximum Gasteiger partial charge on any atom is 0.201 e. The van der Waals surface area contributed by atoms with Gasteiger partial charge >= 0.3 is 0 Å². The molecule has 2 N–H and O–H groups in total. The molecular formula is C14H18ClN3S. The molecule has 3 nitrogen and oxygen atoms in total. The van der Waals surface area contributed by atoms with Crippen molar-refractivity contribution < 1.29 is 0 Å². The Kier molecular flexibility index (Phi) is 3.63. The Bertz CT molecular complexity index is 596. The number of anilines is 1. The second-order valence-corrected chi connectivity index (χ2v) is 6.61. The zero-order valence-corrected chi connectivity index (χ0v) is 12.5. The minimum Gasteiger partial charge on any atom is -0.369 e. The number of hydrogen-bond donors (Lipinski definition) is 1. The highest BCUT2D eigenvalue weighted by molar-refractivity contribution is 7.99. The third-order valence-electron chi connectivity index (χ3n) is 3.98. The average molecular weight is 296 g/mol. The first kappa shape index (κ1) is 13.1. The maximum atomic E-state index is 6.15. The number of hydrogen-bond acceptors (Lipinski definition) is 3. The Balaban J connectivity index is 2.12. The van der Waals surface area contributed by atoms with E-state index in [0.717, 1.165) is 16.1 Å². The van der Waals surface area contributed by atoms with Gasteiger partial charge in [0.05, 0.1) is 11.0 Å². The third-order valence-corrected chi connectivity index (χ3v) is 5.37. The van der Waals surface area contributed by atoms with Gasteiger partial charge < -0.3 is 10.3 Å². The van der Waals surface area contributed by atoms with Crippen molar-refractivity contribution in [1.82, 2.24) is 9.55 Å². The fraction of sp³-hybridized carbons (Fsp3) is 0.500. The van der Waals surface area contributed by atoms with Crippen molar-refractivity contribution in [2.75, 3.05) is 12.0 Å². The maximum absolute atomic E-state index is 6.15. The van der Waals surface area contributed by atoms with E-state index in [1.165, 1.54) is 25.7 Å². The third kappa shape index (κ3) is 2.32. The summed E-state index contributed by atoms with van der Waals surface area (Å²) in [4.78, 5) is 4.47. The van der Waals surface area contributed by atoms with Crippen molar-refractivity contribution in [3.05, 3.63) is 23.2 Å². The number of nitrogens with zero attached hydrogens (tertiary/aromatic N) is 2. The van der Waals surface area contributed by atoms with Gasteiger partial charge in [0, 0.05) is 16.3 Å². The van der Waals surface area contributed by atoms with E-state index >= 15 is 0 Å². The SMILES string of the molecule is CSC1CCCCC1n1c(N)nc2ccc(Cl)cc21. The van der Waals surface area contributed by atoms with Gasteiger partial charge in [-0.3, -0.25) is 0 Å². The van der Waals surface area contributed by atoms with Crippen molar-refractivity contribution in [1.29, 1.82) is 0 Å². The summed E-state index contributed by atoms with van der Waals surface area (Å²) in [6.07, 6.45) is 7.20. The highest BCUT2D eigenvalue weighted by atomic mass is 35.5. The molecule has 5 heteroatoms. The molecule has 2 atom stereocenters. The molecule has 0 amide bonds. The van der Waals surface area contributed by atoms with E-state index < -0.39 is 0 Å². The standard InChI is InChI=1S/C14H18ClN3S/c1-19-13-5-3-2-4-11(13)18-12-8-9(15)6-7-10(12)17-14(18)16/h6-8,11,13H,2-5H2,1H3,(H2,16,17). The Hall–Kier alpha value is -0.870. The summed E-state index contributed by atoms with van der Waals surface area (Å²) < 4.78 is 2.20. The van der Waals surface area contributed by atoms with Crippen molar-refractivity contribution >= 4 is 40.3 Å². The van der Waals surface area contributed by atoms with Gasteiger partial charge in [-0.25, -0.2) is 4.98 Å². The summed E-state index contributed by atoms with van der Waals surface area (Å²) in [6, 6.07) is 6.23. The van der Waals surface area contributed by atoms with E-state index in [-0.39, 0.29) is 0 Å². The number of halogens is 1. The van der Waals surface area contributed by atoms with Crippen LogP contribution < -0.4 is 5.73 Å². The molecule has 0 bridgehead atoms. The minimum absolute atomic E-state index is 0.437. The zero-order chi connectivity index (χ0) is 13.4. The second-order valence-electron chi connectivity index (χ2n) is 5.10. The number of fused-ring (bicyclic) bond motifs is 1. The molecule has 1 aromatic heterocycles. The predicted octanol–water partition coefficient (Wildman–Crippen LogP) is 4.12. The molecule has 1 heterocycles. The van der Waals surface area contributed by atoms with Crippen LogP contribution in [-0.2, 0) is 0 Å². The summed E-state index contributed by atoms with van der Waals surface area (Å²) in [5, 5.41) is 1.36. The van der Waals surface area contributed by atoms with E-state index in [1.807, 2.05) is 30.0 Å². The van der Waals surface area contributed by atoms with Crippen LogP contribution in [0.25, 0.3) is 11.0 Å². The molecule has 1 aliphatic carbocycles. The quantitative estimate of drug-likeness (QED) is 0.906. The van der Waals surface area contributed by atoms with Crippen molar-refractivity contribution in [3.8, 4) is 0 Å². The number of nitrogen functional groups attached to an aromatic ring is 1. The van der Waals surface area contributed by atoms with Crippen LogP contribution in [0.4, 0.5) is 5.95 Å². The van der Waals surface area contributed by atoms with Crippen LogP contribution in [0.1, 0.15) is 31.7 Å². The zero-order valence-electron chi connectivity index (χ0n) is 11.0. The summed E-state index contributed by atoms with van der Waals surface area (Å²) in [6.45, 7) is 0. The smallest absolute Gasteiger partial charge is 0.201 e.